The third-order valence-corrected chi connectivity index (χ3v) is 6.58. The Labute approximate surface area is 195 Å². The van der Waals surface area contributed by atoms with Crippen LogP contribution in [0.1, 0.15) is 44.2 Å². The average Bonchev–Trinajstić information content (AvgIpc) is 3.04. The van der Waals surface area contributed by atoms with Gasteiger partial charge in [-0.15, -0.1) is 0 Å². The fourth-order valence-electron chi connectivity index (χ4n) is 4.43. The molecule has 0 N–H and O–H groups in total. The van der Waals surface area contributed by atoms with Crippen LogP contribution in [0.15, 0.2) is 18.3 Å². The summed E-state index contributed by atoms with van der Waals surface area (Å²) in [5.41, 5.74) is -0.806. The zero-order chi connectivity index (χ0) is 23.9. The van der Waals surface area contributed by atoms with Crippen LogP contribution in [0, 0.1) is 0 Å². The van der Waals surface area contributed by atoms with E-state index in [0.717, 1.165) is 31.9 Å². The molecule has 186 valence electrons. The Bertz CT molecular complexity index is 888. The highest BCUT2D eigenvalue weighted by atomic mass is 32.2. The van der Waals surface area contributed by atoms with Crippen LogP contribution in [-0.2, 0) is 39.7 Å². The minimum atomic E-state index is -3.72. The Balaban J connectivity index is 1.81. The Kier molecular flexibility index (Phi) is 9.05. The molecule has 0 spiro atoms. The zero-order valence-electron chi connectivity index (χ0n) is 19.5. The van der Waals surface area contributed by atoms with E-state index in [0.29, 0.717) is 11.4 Å². The van der Waals surface area contributed by atoms with Crippen LogP contribution < -0.4 is 4.74 Å². The number of amides is 1. The van der Waals surface area contributed by atoms with Crippen molar-refractivity contribution in [1.29, 1.82) is 0 Å². The minimum absolute atomic E-state index is 0.0209. The molecule has 3 rings (SSSR count). The first-order chi connectivity index (χ1) is 15.8. The molecule has 1 aliphatic carbocycles. The summed E-state index contributed by atoms with van der Waals surface area (Å²) < 4.78 is 50.5. The molecule has 2 fully saturated rings. The van der Waals surface area contributed by atoms with E-state index < -0.39 is 21.8 Å². The van der Waals surface area contributed by atoms with Crippen molar-refractivity contribution in [1.82, 2.24) is 9.88 Å². The quantitative estimate of drug-likeness (QED) is 0.189. The summed E-state index contributed by atoms with van der Waals surface area (Å²) in [5, 5.41) is 0. The predicted molar refractivity (Wildman–Crippen MR) is 119 cm³/mol. The molecule has 1 saturated carbocycles. The first kappa shape index (κ1) is 25.8. The highest BCUT2D eigenvalue weighted by Gasteiger charge is 2.62. The molecule has 0 radical (unpaired) electrons. The zero-order valence-corrected chi connectivity index (χ0v) is 20.3. The second-order valence-corrected chi connectivity index (χ2v) is 10.2. The lowest BCUT2D eigenvalue weighted by Gasteiger charge is -2.54. The summed E-state index contributed by atoms with van der Waals surface area (Å²) in [6.07, 6.45) is 9.70. The molecule has 11 heteroatoms. The largest absolute Gasteiger partial charge is 0.490 e. The summed E-state index contributed by atoms with van der Waals surface area (Å²) in [6.45, 7) is -0.441. The van der Waals surface area contributed by atoms with Crippen molar-refractivity contribution in [2.45, 2.75) is 62.7 Å². The molecular formula is C22H34N2O8S. The van der Waals surface area contributed by atoms with Crippen molar-refractivity contribution in [3.8, 4) is 5.75 Å². The van der Waals surface area contributed by atoms with Gasteiger partial charge in [-0.25, -0.2) is 0 Å². The van der Waals surface area contributed by atoms with Crippen molar-refractivity contribution in [2.24, 2.45) is 0 Å². The number of β-lactam (4-membered cyclic amide) rings is 1. The van der Waals surface area contributed by atoms with Crippen molar-refractivity contribution >= 4 is 16.0 Å². The van der Waals surface area contributed by atoms with Gasteiger partial charge in [0.1, 0.15) is 19.3 Å². The maximum atomic E-state index is 13.2. The van der Waals surface area contributed by atoms with E-state index in [2.05, 4.69) is 4.98 Å². The molecule has 33 heavy (non-hydrogen) atoms. The summed E-state index contributed by atoms with van der Waals surface area (Å²) in [7, 11) is -0.820. The number of carbonyl (C=O) groups excluding carboxylic acids is 1. The van der Waals surface area contributed by atoms with Crippen LogP contribution in [-0.4, -0.2) is 82.6 Å². The summed E-state index contributed by atoms with van der Waals surface area (Å²) in [6, 6.07) is 2.91. The van der Waals surface area contributed by atoms with Crippen molar-refractivity contribution in [2.75, 3.05) is 40.6 Å². The first-order valence-electron chi connectivity index (χ1n) is 11.2. The van der Waals surface area contributed by atoms with Gasteiger partial charge < -0.3 is 23.8 Å². The second-order valence-electron chi connectivity index (χ2n) is 8.53. The molecule has 1 aromatic rings. The molecule has 10 nitrogen and oxygen atoms in total. The molecule has 2 heterocycles. The van der Waals surface area contributed by atoms with E-state index in [4.69, 9.17) is 23.1 Å². The molecule has 1 saturated heterocycles. The molecule has 2 atom stereocenters. The van der Waals surface area contributed by atoms with Crippen LogP contribution in [0.4, 0.5) is 0 Å². The molecule has 2 aliphatic rings. The van der Waals surface area contributed by atoms with Gasteiger partial charge in [0.25, 0.3) is 16.0 Å². The summed E-state index contributed by atoms with van der Waals surface area (Å²) in [4.78, 5) is 19.0. The number of methoxy groups -OCH3 is 2. The lowest BCUT2D eigenvalue weighted by atomic mass is 9.79. The highest BCUT2D eigenvalue weighted by Crippen LogP contribution is 2.38. The average molecular weight is 487 g/mol. The number of likely N-dealkylation sites (tertiary alicyclic amines) is 1. The highest BCUT2D eigenvalue weighted by molar-refractivity contribution is 7.85. The molecular weight excluding hydrogens is 452 g/mol. The van der Waals surface area contributed by atoms with Crippen LogP contribution in [0.2, 0.25) is 0 Å². The maximum absolute atomic E-state index is 13.2. The minimum Gasteiger partial charge on any atom is -0.490 e. The summed E-state index contributed by atoms with van der Waals surface area (Å²) in [5.74, 6) is 0.346. The van der Waals surface area contributed by atoms with Crippen molar-refractivity contribution < 1.29 is 36.3 Å². The topological polar surface area (TPSA) is 113 Å². The Morgan fingerprint density at radius 2 is 1.88 bits per heavy atom. The van der Waals surface area contributed by atoms with E-state index in [1.807, 2.05) is 6.07 Å². The number of aromatic nitrogens is 1. The smallest absolute Gasteiger partial charge is 0.264 e. The molecule has 1 aliphatic heterocycles. The Morgan fingerprint density at radius 1 is 1.15 bits per heavy atom. The standard InChI is InChI=1S/C22H34N2O8S/c1-28-15-24-20(14-31-33(3,26)27)22(21(24)25,30-16-29-2)13-17-12-19(10-11-23-17)32-18-8-6-4-5-7-9-18/h10-12,18,20H,4-9,13-16H2,1-3H3/t20-,22+/m0/s1. The fraction of sp³-hybridized carbons (Fsp3) is 0.727. The predicted octanol–water partition coefficient (Wildman–Crippen LogP) is 1.88. The monoisotopic (exact) mass is 486 g/mol. The van der Waals surface area contributed by atoms with E-state index in [1.54, 1.807) is 12.3 Å². The van der Waals surface area contributed by atoms with Gasteiger partial charge in [0.2, 0.25) is 0 Å². The number of hydrogen-bond donors (Lipinski definition) is 0. The molecule has 0 aromatic carbocycles. The molecule has 1 aromatic heterocycles. The lowest BCUT2D eigenvalue weighted by molar-refractivity contribution is -0.236. The Hall–Kier alpha value is -1.79. The van der Waals surface area contributed by atoms with Gasteiger partial charge in [-0.05, 0) is 31.7 Å². The van der Waals surface area contributed by atoms with Crippen LogP contribution in [0.25, 0.3) is 0 Å². The lowest BCUT2D eigenvalue weighted by Crippen LogP contribution is -2.77. The number of nitrogens with zero attached hydrogens (tertiary/aromatic N) is 2. The molecule has 1 amide bonds. The van der Waals surface area contributed by atoms with Crippen LogP contribution >= 0.6 is 0 Å². The van der Waals surface area contributed by atoms with E-state index in [1.165, 1.54) is 32.0 Å². The number of ether oxygens (including phenoxy) is 4. The van der Waals surface area contributed by atoms with Crippen molar-refractivity contribution in [3.63, 3.8) is 0 Å². The van der Waals surface area contributed by atoms with Gasteiger partial charge >= 0.3 is 0 Å². The van der Waals surface area contributed by atoms with Gasteiger partial charge in [0.15, 0.2) is 5.60 Å². The molecule has 0 unspecified atom stereocenters. The van der Waals surface area contributed by atoms with Gasteiger partial charge in [0.05, 0.1) is 25.0 Å². The van der Waals surface area contributed by atoms with Crippen LogP contribution in [0.5, 0.6) is 5.75 Å². The fourth-order valence-corrected chi connectivity index (χ4v) is 4.80. The first-order valence-corrected chi connectivity index (χ1v) is 13.0. The van der Waals surface area contributed by atoms with Crippen molar-refractivity contribution in [3.05, 3.63) is 24.0 Å². The normalized spacial score (nSPS) is 24.4. The molecule has 0 bridgehead atoms. The number of rotatable bonds is 12. The van der Waals surface area contributed by atoms with E-state index >= 15 is 0 Å². The second kappa shape index (κ2) is 11.6. The Morgan fingerprint density at radius 3 is 2.52 bits per heavy atom. The summed E-state index contributed by atoms with van der Waals surface area (Å²) >= 11 is 0. The third-order valence-electron chi connectivity index (χ3n) is 6.02. The van der Waals surface area contributed by atoms with Gasteiger partial charge in [-0.3, -0.25) is 14.0 Å². The van der Waals surface area contributed by atoms with Crippen LogP contribution in [0.3, 0.4) is 0 Å². The van der Waals surface area contributed by atoms with Gasteiger partial charge in [0, 0.05) is 38.6 Å². The number of pyridine rings is 1. The van der Waals surface area contributed by atoms with Gasteiger partial charge in [-0.1, -0.05) is 12.8 Å². The number of carbonyl (C=O) groups is 1. The van der Waals surface area contributed by atoms with E-state index in [9.17, 15) is 13.2 Å². The number of hydrogen-bond acceptors (Lipinski definition) is 9. The van der Waals surface area contributed by atoms with Gasteiger partial charge in [-0.2, -0.15) is 8.42 Å². The third kappa shape index (κ3) is 6.63. The van der Waals surface area contributed by atoms with E-state index in [-0.39, 0.29) is 38.6 Å². The SMILES string of the molecule is COCO[C@@]1(Cc2cc(OC3CCCCCC3)ccn2)C(=O)N(COC)[C@H]1COS(C)(=O)=O. The maximum Gasteiger partial charge on any atom is 0.264 e.